The van der Waals surface area contributed by atoms with Crippen LogP contribution in [0.1, 0.15) is 19.4 Å². The highest BCUT2D eigenvalue weighted by Gasteiger charge is 2.24. The molecule has 0 aromatic heterocycles. The Morgan fingerprint density at radius 2 is 1.74 bits per heavy atom. The lowest BCUT2D eigenvalue weighted by Gasteiger charge is -2.16. The SMILES string of the molecule is CC(=O)N(C)c1ccc(NS(=O)(=O)c2ccc3c(c2)CCN3C(C)=O)cc1. The summed E-state index contributed by atoms with van der Waals surface area (Å²) in [6.07, 6.45) is 0.629. The van der Waals surface area contributed by atoms with E-state index in [9.17, 15) is 18.0 Å². The number of nitrogens with one attached hydrogen (secondary N) is 1. The number of sulfonamides is 1. The van der Waals surface area contributed by atoms with Gasteiger partial charge in [-0.3, -0.25) is 14.3 Å². The van der Waals surface area contributed by atoms with Gasteiger partial charge in [0.1, 0.15) is 0 Å². The summed E-state index contributed by atoms with van der Waals surface area (Å²) in [7, 11) is -2.11. The van der Waals surface area contributed by atoms with Crippen molar-refractivity contribution in [2.24, 2.45) is 0 Å². The summed E-state index contributed by atoms with van der Waals surface area (Å²) >= 11 is 0. The van der Waals surface area contributed by atoms with E-state index in [0.29, 0.717) is 24.3 Å². The van der Waals surface area contributed by atoms with Crippen molar-refractivity contribution < 1.29 is 18.0 Å². The summed E-state index contributed by atoms with van der Waals surface area (Å²) in [4.78, 5) is 26.3. The maximum atomic E-state index is 12.7. The average molecular weight is 387 g/mol. The highest BCUT2D eigenvalue weighted by Crippen LogP contribution is 2.31. The average Bonchev–Trinajstić information content (AvgIpc) is 3.05. The molecule has 0 unspecified atom stereocenters. The molecule has 2 amide bonds. The Hall–Kier alpha value is -2.87. The molecule has 1 aliphatic heterocycles. The molecular formula is C19H21N3O4S. The van der Waals surface area contributed by atoms with Crippen LogP contribution in [0.5, 0.6) is 0 Å². The van der Waals surface area contributed by atoms with Crippen LogP contribution < -0.4 is 14.5 Å². The second-order valence-electron chi connectivity index (χ2n) is 6.44. The van der Waals surface area contributed by atoms with Crippen molar-refractivity contribution >= 4 is 38.9 Å². The first-order chi connectivity index (χ1) is 12.7. The van der Waals surface area contributed by atoms with Gasteiger partial charge >= 0.3 is 0 Å². The Labute approximate surface area is 158 Å². The summed E-state index contributed by atoms with van der Waals surface area (Å²) in [5, 5.41) is 0. The van der Waals surface area contributed by atoms with Crippen molar-refractivity contribution in [3.63, 3.8) is 0 Å². The van der Waals surface area contributed by atoms with Crippen molar-refractivity contribution in [1.29, 1.82) is 0 Å². The minimum absolute atomic E-state index is 0.0573. The van der Waals surface area contributed by atoms with E-state index >= 15 is 0 Å². The standard InChI is InChI=1S/C19H21N3O4S/c1-13(23)21(3)17-6-4-16(5-7-17)20-27(25,26)18-8-9-19-15(12-18)10-11-22(19)14(2)24/h4-9,12,20H,10-11H2,1-3H3. The number of anilines is 3. The monoisotopic (exact) mass is 387 g/mol. The van der Waals surface area contributed by atoms with Crippen LogP contribution in [0.15, 0.2) is 47.4 Å². The number of rotatable bonds is 4. The number of benzene rings is 2. The Morgan fingerprint density at radius 3 is 2.33 bits per heavy atom. The third-order valence-corrected chi connectivity index (χ3v) is 6.00. The molecular weight excluding hydrogens is 366 g/mol. The van der Waals surface area contributed by atoms with E-state index in [1.165, 1.54) is 24.8 Å². The molecule has 2 aromatic carbocycles. The molecule has 0 atom stereocenters. The van der Waals surface area contributed by atoms with E-state index in [0.717, 1.165) is 11.3 Å². The normalized spacial score (nSPS) is 13.2. The largest absolute Gasteiger partial charge is 0.316 e. The third-order valence-electron chi connectivity index (χ3n) is 4.62. The molecule has 2 aromatic rings. The lowest BCUT2D eigenvalue weighted by Crippen LogP contribution is -2.25. The maximum absolute atomic E-state index is 12.7. The number of hydrogen-bond donors (Lipinski definition) is 1. The van der Waals surface area contributed by atoms with Crippen LogP contribution in [-0.4, -0.2) is 33.8 Å². The Balaban J connectivity index is 1.81. The molecule has 3 rings (SSSR count). The molecule has 1 N–H and O–H groups in total. The summed E-state index contributed by atoms with van der Waals surface area (Å²) in [5.41, 5.74) is 2.68. The molecule has 0 aliphatic carbocycles. The van der Waals surface area contributed by atoms with Gasteiger partial charge in [-0.15, -0.1) is 0 Å². The van der Waals surface area contributed by atoms with Gasteiger partial charge in [-0.25, -0.2) is 8.42 Å². The predicted molar refractivity (Wildman–Crippen MR) is 105 cm³/mol. The first kappa shape index (κ1) is 18.9. The lowest BCUT2D eigenvalue weighted by molar-refractivity contribution is -0.117. The summed E-state index contributed by atoms with van der Waals surface area (Å²) in [6, 6.07) is 11.3. The summed E-state index contributed by atoms with van der Waals surface area (Å²) in [6.45, 7) is 3.51. The number of amides is 2. The summed E-state index contributed by atoms with van der Waals surface area (Å²) < 4.78 is 27.9. The van der Waals surface area contributed by atoms with E-state index in [4.69, 9.17) is 0 Å². The Kier molecular flexibility index (Phi) is 4.93. The third kappa shape index (κ3) is 3.80. The molecule has 7 nitrogen and oxygen atoms in total. The van der Waals surface area contributed by atoms with Crippen LogP contribution in [0.25, 0.3) is 0 Å². The van der Waals surface area contributed by atoms with Crippen LogP contribution in [0, 0.1) is 0 Å². The predicted octanol–water partition coefficient (Wildman–Crippen LogP) is 2.38. The highest BCUT2D eigenvalue weighted by molar-refractivity contribution is 7.92. The van der Waals surface area contributed by atoms with Gasteiger partial charge in [0.15, 0.2) is 0 Å². The van der Waals surface area contributed by atoms with Crippen molar-refractivity contribution in [2.45, 2.75) is 25.2 Å². The van der Waals surface area contributed by atoms with Gasteiger partial charge in [-0.2, -0.15) is 0 Å². The highest BCUT2D eigenvalue weighted by atomic mass is 32.2. The van der Waals surface area contributed by atoms with Gasteiger partial charge in [-0.05, 0) is 54.4 Å². The van der Waals surface area contributed by atoms with Gasteiger partial charge in [0.2, 0.25) is 11.8 Å². The van der Waals surface area contributed by atoms with Crippen molar-refractivity contribution in [3.8, 4) is 0 Å². The van der Waals surface area contributed by atoms with Gasteiger partial charge in [-0.1, -0.05) is 0 Å². The Morgan fingerprint density at radius 1 is 1.07 bits per heavy atom. The Bertz CT molecular complexity index is 1000. The molecule has 0 saturated carbocycles. The molecule has 1 aliphatic rings. The van der Waals surface area contributed by atoms with Crippen molar-refractivity contribution in [3.05, 3.63) is 48.0 Å². The van der Waals surface area contributed by atoms with Gasteiger partial charge in [0, 0.05) is 44.5 Å². The van der Waals surface area contributed by atoms with Crippen LogP contribution in [0.2, 0.25) is 0 Å². The molecule has 0 radical (unpaired) electrons. The minimum Gasteiger partial charge on any atom is -0.316 e. The number of nitrogens with zero attached hydrogens (tertiary/aromatic N) is 2. The molecule has 0 bridgehead atoms. The van der Waals surface area contributed by atoms with Crippen molar-refractivity contribution in [1.82, 2.24) is 0 Å². The van der Waals surface area contributed by atoms with E-state index in [-0.39, 0.29) is 16.7 Å². The number of carbonyl (C=O) groups is 2. The summed E-state index contributed by atoms with van der Waals surface area (Å²) in [5.74, 6) is -0.167. The van der Waals surface area contributed by atoms with Gasteiger partial charge in [0.05, 0.1) is 4.90 Å². The van der Waals surface area contributed by atoms with Crippen LogP contribution in [0.4, 0.5) is 17.1 Å². The zero-order valence-electron chi connectivity index (χ0n) is 15.4. The number of fused-ring (bicyclic) bond motifs is 1. The second-order valence-corrected chi connectivity index (χ2v) is 8.12. The van der Waals surface area contributed by atoms with E-state index in [1.54, 1.807) is 48.3 Å². The molecule has 0 spiro atoms. The van der Waals surface area contributed by atoms with E-state index in [2.05, 4.69) is 4.72 Å². The zero-order valence-corrected chi connectivity index (χ0v) is 16.2. The maximum Gasteiger partial charge on any atom is 0.261 e. The molecule has 0 saturated heterocycles. The van der Waals surface area contributed by atoms with Gasteiger partial charge in [0.25, 0.3) is 10.0 Å². The second kappa shape index (κ2) is 7.03. The fourth-order valence-corrected chi connectivity index (χ4v) is 4.13. The van der Waals surface area contributed by atoms with Crippen molar-refractivity contribution in [2.75, 3.05) is 28.1 Å². The van der Waals surface area contributed by atoms with Crippen LogP contribution in [0.3, 0.4) is 0 Å². The quantitative estimate of drug-likeness (QED) is 0.873. The number of carbonyl (C=O) groups excluding carboxylic acids is 2. The van der Waals surface area contributed by atoms with E-state index in [1.807, 2.05) is 0 Å². The minimum atomic E-state index is -3.76. The smallest absolute Gasteiger partial charge is 0.261 e. The van der Waals surface area contributed by atoms with Crippen LogP contribution >= 0.6 is 0 Å². The molecule has 0 fully saturated rings. The van der Waals surface area contributed by atoms with Crippen LogP contribution in [-0.2, 0) is 26.0 Å². The fraction of sp³-hybridized carbons (Fsp3) is 0.263. The van der Waals surface area contributed by atoms with E-state index < -0.39 is 10.0 Å². The zero-order chi connectivity index (χ0) is 19.8. The first-order valence-electron chi connectivity index (χ1n) is 8.47. The van der Waals surface area contributed by atoms with Gasteiger partial charge < -0.3 is 9.80 Å². The fourth-order valence-electron chi connectivity index (χ4n) is 3.02. The molecule has 8 heteroatoms. The lowest BCUT2D eigenvalue weighted by atomic mass is 10.2. The molecule has 27 heavy (non-hydrogen) atoms. The number of hydrogen-bond acceptors (Lipinski definition) is 4. The molecule has 142 valence electrons. The topological polar surface area (TPSA) is 86.8 Å². The molecule has 1 heterocycles. The first-order valence-corrected chi connectivity index (χ1v) is 9.95.